The molecule has 0 spiro atoms. The van der Waals surface area contributed by atoms with E-state index in [1.54, 1.807) is 20.8 Å². The fourth-order valence-electron chi connectivity index (χ4n) is 2.65. The van der Waals surface area contributed by atoms with Gasteiger partial charge in [0, 0.05) is 6.04 Å². The van der Waals surface area contributed by atoms with Crippen LogP contribution in [0.2, 0.25) is 0 Å². The van der Waals surface area contributed by atoms with Crippen LogP contribution in [0.3, 0.4) is 0 Å². The summed E-state index contributed by atoms with van der Waals surface area (Å²) in [6, 6.07) is 0.138. The summed E-state index contributed by atoms with van der Waals surface area (Å²) in [5.74, 6) is 0.825. The maximum absolute atomic E-state index is 12.3. The van der Waals surface area contributed by atoms with Gasteiger partial charge in [0.2, 0.25) is 0 Å². The van der Waals surface area contributed by atoms with Crippen molar-refractivity contribution in [2.45, 2.75) is 70.6 Å². The molecule has 1 fully saturated rings. The summed E-state index contributed by atoms with van der Waals surface area (Å²) in [6.07, 6.45) is 6.17. The van der Waals surface area contributed by atoms with Gasteiger partial charge in [-0.05, 0) is 46.1 Å². The highest BCUT2D eigenvalue weighted by atomic mass is 32.2. The summed E-state index contributed by atoms with van der Waals surface area (Å²) in [7, 11) is -3.03. The van der Waals surface area contributed by atoms with Crippen molar-refractivity contribution < 1.29 is 8.42 Å². The third kappa shape index (κ3) is 4.23. The van der Waals surface area contributed by atoms with Crippen molar-refractivity contribution in [2.75, 3.05) is 12.3 Å². The zero-order valence-corrected chi connectivity index (χ0v) is 13.1. The van der Waals surface area contributed by atoms with Gasteiger partial charge in [0.25, 0.3) is 0 Å². The van der Waals surface area contributed by atoms with Gasteiger partial charge in [0.15, 0.2) is 9.84 Å². The molecule has 0 aromatic rings. The van der Waals surface area contributed by atoms with Gasteiger partial charge in [-0.3, -0.25) is 0 Å². The first-order valence-electron chi connectivity index (χ1n) is 7.23. The molecule has 1 saturated carbocycles. The molecule has 0 heterocycles. The molecule has 0 aromatic heterocycles. The van der Waals surface area contributed by atoms with Gasteiger partial charge in [-0.1, -0.05) is 26.2 Å². The summed E-state index contributed by atoms with van der Waals surface area (Å²) in [4.78, 5) is 0. The molecule has 0 aromatic carbocycles. The molecule has 3 nitrogen and oxygen atoms in total. The lowest BCUT2D eigenvalue weighted by Crippen LogP contribution is -2.46. The predicted octanol–water partition coefficient (Wildman–Crippen LogP) is 2.76. The Balaban J connectivity index is 2.73. The van der Waals surface area contributed by atoms with Gasteiger partial charge in [-0.25, -0.2) is 8.42 Å². The summed E-state index contributed by atoms with van der Waals surface area (Å²) >= 11 is 0. The normalized spacial score (nSPS) is 20.9. The number of hydrogen-bond acceptors (Lipinski definition) is 3. The third-order valence-corrected chi connectivity index (χ3v) is 6.68. The molecule has 18 heavy (non-hydrogen) atoms. The summed E-state index contributed by atoms with van der Waals surface area (Å²) < 4.78 is 24.0. The second-order valence-electron chi connectivity index (χ2n) is 6.46. The van der Waals surface area contributed by atoms with Crippen molar-refractivity contribution >= 4 is 9.84 Å². The van der Waals surface area contributed by atoms with Gasteiger partial charge in [0.1, 0.15) is 0 Å². The second-order valence-corrected chi connectivity index (χ2v) is 9.24. The van der Waals surface area contributed by atoms with E-state index in [-0.39, 0.29) is 11.8 Å². The fourth-order valence-corrected chi connectivity index (χ4v) is 4.01. The Bertz CT molecular complexity index is 337. The van der Waals surface area contributed by atoms with Crippen molar-refractivity contribution in [2.24, 2.45) is 5.92 Å². The predicted molar refractivity (Wildman–Crippen MR) is 77.6 cm³/mol. The van der Waals surface area contributed by atoms with E-state index < -0.39 is 14.6 Å². The monoisotopic (exact) mass is 275 g/mol. The number of nitrogens with one attached hydrogen (secondary N) is 1. The lowest BCUT2D eigenvalue weighted by molar-refractivity contribution is 0.285. The second kappa shape index (κ2) is 6.38. The first-order chi connectivity index (χ1) is 8.28. The van der Waals surface area contributed by atoms with Crippen LogP contribution in [0.1, 0.15) is 59.8 Å². The molecular formula is C14H29NO2S. The number of rotatable bonds is 5. The summed E-state index contributed by atoms with van der Waals surface area (Å²) in [5.41, 5.74) is 0. The summed E-state index contributed by atoms with van der Waals surface area (Å²) in [5, 5.41) is 3.40. The zero-order valence-electron chi connectivity index (χ0n) is 12.3. The van der Waals surface area contributed by atoms with Crippen molar-refractivity contribution in [3.05, 3.63) is 0 Å². The molecule has 1 atom stereocenters. The standard InChI is InChI=1S/C14H29NO2S/c1-5-15-13(12-9-7-6-8-10-12)11-18(16,17)14(2,3)4/h12-13,15H,5-11H2,1-4H3. The van der Waals surface area contributed by atoms with Crippen molar-refractivity contribution in [1.29, 1.82) is 0 Å². The van der Waals surface area contributed by atoms with Crippen LogP contribution in [0, 0.1) is 5.92 Å². The first kappa shape index (κ1) is 16.0. The largest absolute Gasteiger partial charge is 0.313 e. The minimum absolute atomic E-state index is 0.138. The maximum atomic E-state index is 12.3. The van der Waals surface area contributed by atoms with Crippen molar-refractivity contribution in [1.82, 2.24) is 5.32 Å². The maximum Gasteiger partial charge on any atom is 0.156 e. The van der Waals surface area contributed by atoms with E-state index in [1.807, 2.05) is 0 Å². The van der Waals surface area contributed by atoms with Gasteiger partial charge < -0.3 is 5.32 Å². The minimum Gasteiger partial charge on any atom is -0.313 e. The number of sulfone groups is 1. The van der Waals surface area contributed by atoms with E-state index in [9.17, 15) is 8.42 Å². The third-order valence-electron chi connectivity index (χ3n) is 4.02. The average molecular weight is 275 g/mol. The smallest absolute Gasteiger partial charge is 0.156 e. The molecule has 0 aliphatic heterocycles. The van der Waals surface area contributed by atoms with E-state index in [0.717, 1.165) is 6.54 Å². The molecule has 1 N–H and O–H groups in total. The van der Waals surface area contributed by atoms with Crippen LogP contribution in [-0.2, 0) is 9.84 Å². The Morgan fingerprint density at radius 3 is 2.17 bits per heavy atom. The molecule has 1 unspecified atom stereocenters. The van der Waals surface area contributed by atoms with Crippen LogP contribution in [-0.4, -0.2) is 31.5 Å². The fraction of sp³-hybridized carbons (Fsp3) is 1.00. The molecule has 1 aliphatic rings. The Kier molecular flexibility index (Phi) is 5.66. The van der Waals surface area contributed by atoms with Gasteiger partial charge in [0.05, 0.1) is 10.5 Å². The Hall–Kier alpha value is -0.0900. The van der Waals surface area contributed by atoms with Crippen LogP contribution in [0.5, 0.6) is 0 Å². The zero-order chi connectivity index (χ0) is 13.8. The van der Waals surface area contributed by atoms with Gasteiger partial charge in [-0.2, -0.15) is 0 Å². The lowest BCUT2D eigenvalue weighted by Gasteiger charge is -2.32. The van der Waals surface area contributed by atoms with Crippen molar-refractivity contribution in [3.63, 3.8) is 0 Å². The van der Waals surface area contributed by atoms with E-state index in [2.05, 4.69) is 12.2 Å². The van der Waals surface area contributed by atoms with Crippen LogP contribution < -0.4 is 5.32 Å². The Morgan fingerprint density at radius 2 is 1.72 bits per heavy atom. The minimum atomic E-state index is -3.03. The molecule has 0 radical (unpaired) electrons. The first-order valence-corrected chi connectivity index (χ1v) is 8.89. The van der Waals surface area contributed by atoms with E-state index >= 15 is 0 Å². The summed E-state index contributed by atoms with van der Waals surface area (Å²) in [6.45, 7) is 8.30. The van der Waals surface area contributed by atoms with Crippen LogP contribution in [0.4, 0.5) is 0 Å². The Morgan fingerprint density at radius 1 is 1.17 bits per heavy atom. The molecule has 0 amide bonds. The molecule has 0 saturated heterocycles. The molecule has 1 rings (SSSR count). The van der Waals surface area contributed by atoms with E-state index in [1.165, 1.54) is 32.1 Å². The lowest BCUT2D eigenvalue weighted by atomic mass is 9.84. The van der Waals surface area contributed by atoms with Crippen LogP contribution in [0.25, 0.3) is 0 Å². The van der Waals surface area contributed by atoms with Crippen LogP contribution in [0.15, 0.2) is 0 Å². The van der Waals surface area contributed by atoms with Crippen LogP contribution >= 0.6 is 0 Å². The van der Waals surface area contributed by atoms with Crippen molar-refractivity contribution in [3.8, 4) is 0 Å². The average Bonchev–Trinajstić information content (AvgIpc) is 2.28. The molecule has 4 heteroatoms. The topological polar surface area (TPSA) is 46.2 Å². The highest BCUT2D eigenvalue weighted by molar-refractivity contribution is 7.92. The molecule has 1 aliphatic carbocycles. The highest BCUT2D eigenvalue weighted by Crippen LogP contribution is 2.28. The SMILES string of the molecule is CCNC(CS(=O)(=O)C(C)(C)C)C1CCCCC1. The molecular weight excluding hydrogens is 246 g/mol. The Labute approximate surface area is 113 Å². The van der Waals surface area contributed by atoms with Gasteiger partial charge in [-0.15, -0.1) is 0 Å². The van der Waals surface area contributed by atoms with Gasteiger partial charge >= 0.3 is 0 Å². The number of hydrogen-bond donors (Lipinski definition) is 1. The van der Waals surface area contributed by atoms with E-state index in [0.29, 0.717) is 5.92 Å². The highest BCUT2D eigenvalue weighted by Gasteiger charge is 2.34. The quantitative estimate of drug-likeness (QED) is 0.839. The van der Waals surface area contributed by atoms with E-state index in [4.69, 9.17) is 0 Å². The molecule has 108 valence electrons. The molecule has 0 bridgehead atoms.